The Morgan fingerprint density at radius 1 is 1.33 bits per heavy atom. The predicted molar refractivity (Wildman–Crippen MR) is 78.2 cm³/mol. The van der Waals surface area contributed by atoms with E-state index < -0.39 is 23.8 Å². The van der Waals surface area contributed by atoms with E-state index in [2.05, 4.69) is 11.9 Å². The number of hydrogen-bond acceptors (Lipinski definition) is 3. The lowest BCUT2D eigenvalue weighted by Crippen LogP contribution is -2.38. The number of nitrogens with one attached hydrogen (secondary N) is 1. The highest BCUT2D eigenvalue weighted by Gasteiger charge is 2.48. The summed E-state index contributed by atoms with van der Waals surface area (Å²) in [7, 11) is 0. The van der Waals surface area contributed by atoms with Crippen molar-refractivity contribution in [3.63, 3.8) is 0 Å². The van der Waals surface area contributed by atoms with E-state index in [4.69, 9.17) is 0 Å². The molecule has 5 heteroatoms. The van der Waals surface area contributed by atoms with Crippen molar-refractivity contribution in [2.75, 3.05) is 6.54 Å². The van der Waals surface area contributed by atoms with Crippen molar-refractivity contribution >= 4 is 17.6 Å². The van der Waals surface area contributed by atoms with Crippen LogP contribution in [0, 0.1) is 5.92 Å². The minimum Gasteiger partial charge on any atom is -0.352 e. The zero-order valence-electron chi connectivity index (χ0n) is 11.9. The fraction of sp³-hybridized carbons (Fsp3) is 0.312. The molecular weight excluding hydrogens is 268 g/mol. The molecule has 2 amide bonds. The highest BCUT2D eigenvalue weighted by Crippen LogP contribution is 2.23. The SMILES string of the molecule is C=CCNC(=O)C1C(=O)C(C)N(Cc2ccccc2)C1=O. The van der Waals surface area contributed by atoms with Crippen molar-refractivity contribution in [2.24, 2.45) is 5.92 Å². The molecule has 1 saturated heterocycles. The van der Waals surface area contributed by atoms with Crippen LogP contribution in [0.2, 0.25) is 0 Å². The maximum absolute atomic E-state index is 12.4. The molecule has 0 spiro atoms. The van der Waals surface area contributed by atoms with Gasteiger partial charge < -0.3 is 10.2 Å². The molecule has 0 saturated carbocycles. The van der Waals surface area contributed by atoms with E-state index in [-0.39, 0.29) is 12.3 Å². The lowest BCUT2D eigenvalue weighted by molar-refractivity contribution is -0.140. The van der Waals surface area contributed by atoms with Gasteiger partial charge in [-0.2, -0.15) is 0 Å². The van der Waals surface area contributed by atoms with E-state index in [0.29, 0.717) is 6.54 Å². The van der Waals surface area contributed by atoms with Crippen LogP contribution in [0.25, 0.3) is 0 Å². The van der Waals surface area contributed by atoms with Gasteiger partial charge in [0.1, 0.15) is 0 Å². The highest BCUT2D eigenvalue weighted by molar-refractivity contribution is 6.23. The molecule has 1 fully saturated rings. The highest BCUT2D eigenvalue weighted by atomic mass is 16.2. The first kappa shape index (κ1) is 15.0. The Morgan fingerprint density at radius 3 is 2.62 bits per heavy atom. The molecule has 1 aliphatic rings. The monoisotopic (exact) mass is 286 g/mol. The van der Waals surface area contributed by atoms with Gasteiger partial charge in [0, 0.05) is 13.1 Å². The number of rotatable bonds is 5. The van der Waals surface area contributed by atoms with Gasteiger partial charge in [-0.05, 0) is 12.5 Å². The molecule has 2 rings (SSSR count). The quantitative estimate of drug-likeness (QED) is 0.646. The molecule has 1 heterocycles. The standard InChI is InChI=1S/C16H18N2O3/c1-3-9-17-15(20)13-14(19)11(2)18(16(13)21)10-12-7-5-4-6-8-12/h3-8,11,13H,1,9-10H2,2H3,(H,17,20). The molecule has 1 aliphatic heterocycles. The Balaban J connectivity index is 2.14. The van der Waals surface area contributed by atoms with Crippen LogP contribution < -0.4 is 5.32 Å². The summed E-state index contributed by atoms with van der Waals surface area (Å²) in [6.07, 6.45) is 1.51. The molecule has 21 heavy (non-hydrogen) atoms. The number of carbonyl (C=O) groups excluding carboxylic acids is 3. The summed E-state index contributed by atoms with van der Waals surface area (Å²) in [6.45, 7) is 5.71. The van der Waals surface area contributed by atoms with Gasteiger partial charge in [0.2, 0.25) is 11.8 Å². The molecule has 1 aromatic rings. The van der Waals surface area contributed by atoms with Crippen LogP contribution in [0.5, 0.6) is 0 Å². The first-order chi connectivity index (χ1) is 10.1. The van der Waals surface area contributed by atoms with Gasteiger partial charge >= 0.3 is 0 Å². The Morgan fingerprint density at radius 2 is 2.00 bits per heavy atom. The molecule has 2 unspecified atom stereocenters. The van der Waals surface area contributed by atoms with E-state index >= 15 is 0 Å². The summed E-state index contributed by atoms with van der Waals surface area (Å²) in [4.78, 5) is 37.9. The molecule has 1 aromatic carbocycles. The van der Waals surface area contributed by atoms with Crippen LogP contribution in [0.15, 0.2) is 43.0 Å². The van der Waals surface area contributed by atoms with Crippen molar-refractivity contribution in [1.29, 1.82) is 0 Å². The molecule has 1 N–H and O–H groups in total. The van der Waals surface area contributed by atoms with Gasteiger partial charge in [-0.15, -0.1) is 6.58 Å². The average Bonchev–Trinajstić information content (AvgIpc) is 2.70. The van der Waals surface area contributed by atoms with Crippen molar-refractivity contribution < 1.29 is 14.4 Å². The van der Waals surface area contributed by atoms with Crippen LogP contribution in [0.1, 0.15) is 12.5 Å². The second-order valence-electron chi connectivity index (χ2n) is 5.00. The minimum atomic E-state index is -1.23. The molecule has 0 bridgehead atoms. The average molecular weight is 286 g/mol. The molecule has 2 atom stereocenters. The summed E-state index contributed by atoms with van der Waals surface area (Å²) in [5, 5.41) is 2.51. The normalized spacial score (nSPS) is 21.5. The molecule has 0 aromatic heterocycles. The summed E-state index contributed by atoms with van der Waals surface area (Å²) in [6, 6.07) is 8.81. The number of Topliss-reactive ketones (excluding diaryl/α,β-unsaturated/α-hetero) is 1. The second-order valence-corrected chi connectivity index (χ2v) is 5.00. The number of hydrogen-bond donors (Lipinski definition) is 1. The molecule has 110 valence electrons. The van der Waals surface area contributed by atoms with Crippen LogP contribution in [0.3, 0.4) is 0 Å². The van der Waals surface area contributed by atoms with Crippen LogP contribution in [-0.2, 0) is 20.9 Å². The smallest absolute Gasteiger partial charge is 0.243 e. The number of nitrogens with zero attached hydrogens (tertiary/aromatic N) is 1. The number of carbonyl (C=O) groups is 3. The lowest BCUT2D eigenvalue weighted by Gasteiger charge is -2.20. The van der Waals surface area contributed by atoms with Crippen LogP contribution in [-0.4, -0.2) is 35.1 Å². The van der Waals surface area contributed by atoms with Gasteiger partial charge in [-0.1, -0.05) is 36.4 Å². The van der Waals surface area contributed by atoms with Crippen LogP contribution >= 0.6 is 0 Å². The van der Waals surface area contributed by atoms with Crippen molar-refractivity contribution in [3.05, 3.63) is 48.6 Å². The van der Waals surface area contributed by atoms with E-state index in [0.717, 1.165) is 5.56 Å². The fourth-order valence-electron chi connectivity index (χ4n) is 2.38. The summed E-state index contributed by atoms with van der Waals surface area (Å²) >= 11 is 0. The second kappa shape index (κ2) is 6.35. The number of likely N-dealkylation sites (tertiary alicyclic amines) is 1. The zero-order chi connectivity index (χ0) is 15.4. The topological polar surface area (TPSA) is 66.5 Å². The van der Waals surface area contributed by atoms with E-state index in [9.17, 15) is 14.4 Å². The Kier molecular flexibility index (Phi) is 4.52. The zero-order valence-corrected chi connectivity index (χ0v) is 11.9. The Labute approximate surface area is 123 Å². The third kappa shape index (κ3) is 3.02. The first-order valence-electron chi connectivity index (χ1n) is 6.83. The predicted octanol–water partition coefficient (Wildman–Crippen LogP) is 0.905. The number of benzene rings is 1. The van der Waals surface area contributed by atoms with Gasteiger partial charge in [-0.25, -0.2) is 0 Å². The van der Waals surface area contributed by atoms with E-state index in [1.54, 1.807) is 6.92 Å². The largest absolute Gasteiger partial charge is 0.352 e. The summed E-state index contributed by atoms with van der Waals surface area (Å²) < 4.78 is 0. The molecule has 0 aliphatic carbocycles. The van der Waals surface area contributed by atoms with Crippen molar-refractivity contribution in [2.45, 2.75) is 19.5 Å². The van der Waals surface area contributed by atoms with Crippen molar-refractivity contribution in [3.8, 4) is 0 Å². The fourth-order valence-corrected chi connectivity index (χ4v) is 2.38. The Bertz CT molecular complexity index is 568. The summed E-state index contributed by atoms with van der Waals surface area (Å²) in [5.41, 5.74) is 0.928. The molecule has 5 nitrogen and oxygen atoms in total. The molecular formula is C16H18N2O3. The first-order valence-corrected chi connectivity index (χ1v) is 6.83. The van der Waals surface area contributed by atoms with Gasteiger partial charge in [0.15, 0.2) is 11.7 Å². The van der Waals surface area contributed by atoms with Crippen LogP contribution in [0.4, 0.5) is 0 Å². The Hall–Kier alpha value is -2.43. The lowest BCUT2D eigenvalue weighted by atomic mass is 10.0. The van der Waals surface area contributed by atoms with E-state index in [1.807, 2.05) is 30.3 Å². The van der Waals surface area contributed by atoms with Crippen molar-refractivity contribution in [1.82, 2.24) is 10.2 Å². The number of ketones is 1. The summed E-state index contributed by atoms with van der Waals surface area (Å²) in [5.74, 6) is -2.56. The maximum Gasteiger partial charge on any atom is 0.243 e. The van der Waals surface area contributed by atoms with Gasteiger partial charge in [-0.3, -0.25) is 14.4 Å². The van der Waals surface area contributed by atoms with E-state index in [1.165, 1.54) is 11.0 Å². The third-order valence-corrected chi connectivity index (χ3v) is 3.57. The van der Waals surface area contributed by atoms with Gasteiger partial charge in [0.05, 0.1) is 6.04 Å². The molecule has 0 radical (unpaired) electrons. The third-order valence-electron chi connectivity index (χ3n) is 3.57. The van der Waals surface area contributed by atoms with Gasteiger partial charge in [0.25, 0.3) is 0 Å². The maximum atomic E-state index is 12.4. The minimum absolute atomic E-state index is 0.239. The number of amides is 2.